The summed E-state index contributed by atoms with van der Waals surface area (Å²) >= 11 is 3.43. The maximum absolute atomic E-state index is 12.0. The zero-order valence-electron chi connectivity index (χ0n) is 11.3. The molecular formula is C14H18BrNO3. The van der Waals surface area contributed by atoms with Crippen LogP contribution in [-0.4, -0.2) is 28.2 Å². The van der Waals surface area contributed by atoms with E-state index in [1.54, 1.807) is 0 Å². The predicted molar refractivity (Wildman–Crippen MR) is 75.7 cm³/mol. The smallest absolute Gasteiger partial charge is 0.410 e. The van der Waals surface area contributed by atoms with Crippen LogP contribution in [0.5, 0.6) is 0 Å². The topological polar surface area (TPSA) is 49.8 Å². The summed E-state index contributed by atoms with van der Waals surface area (Å²) < 4.78 is 6.21. The number of β-amino-alcohol motifs (C(OH)–C–C–N with tert-alkyl or cyclic N) is 1. The van der Waals surface area contributed by atoms with Gasteiger partial charge in [-0.25, -0.2) is 4.79 Å². The molecule has 1 amide bonds. The Morgan fingerprint density at radius 3 is 2.79 bits per heavy atom. The fourth-order valence-corrected chi connectivity index (χ4v) is 2.80. The normalized spacial score (nSPS) is 19.0. The summed E-state index contributed by atoms with van der Waals surface area (Å²) in [5.41, 5.74) is 1.28. The minimum atomic E-state index is -0.688. The molecule has 0 bridgehead atoms. The molecule has 2 rings (SSSR count). The summed E-state index contributed by atoms with van der Waals surface area (Å²) in [5.74, 6) is 0. The fourth-order valence-electron chi connectivity index (χ4n) is 2.13. The maximum atomic E-state index is 12.0. The van der Waals surface area contributed by atoms with Crippen LogP contribution in [0, 0.1) is 0 Å². The van der Waals surface area contributed by atoms with Crippen molar-refractivity contribution in [2.45, 2.75) is 39.0 Å². The number of nitrogens with zero attached hydrogens (tertiary/aromatic N) is 1. The molecule has 0 fully saturated rings. The van der Waals surface area contributed by atoms with E-state index >= 15 is 0 Å². The lowest BCUT2D eigenvalue weighted by atomic mass is 9.98. The van der Waals surface area contributed by atoms with Crippen LogP contribution < -0.4 is 0 Å². The first-order valence-corrected chi connectivity index (χ1v) is 7.00. The number of aliphatic hydroxyl groups is 1. The van der Waals surface area contributed by atoms with Gasteiger partial charge in [-0.3, -0.25) is 0 Å². The Kier molecular flexibility index (Phi) is 3.87. The van der Waals surface area contributed by atoms with Crippen LogP contribution in [-0.2, 0) is 11.3 Å². The maximum Gasteiger partial charge on any atom is 0.410 e. The lowest BCUT2D eigenvalue weighted by molar-refractivity contribution is 0.00816. The van der Waals surface area contributed by atoms with Gasteiger partial charge in [0.1, 0.15) is 5.60 Å². The van der Waals surface area contributed by atoms with Gasteiger partial charge in [-0.05, 0) is 32.4 Å². The van der Waals surface area contributed by atoms with E-state index in [1.165, 1.54) is 4.90 Å². The molecule has 0 saturated carbocycles. The van der Waals surface area contributed by atoms with Gasteiger partial charge in [0.05, 0.1) is 12.6 Å². The van der Waals surface area contributed by atoms with E-state index in [1.807, 2.05) is 39.0 Å². The molecule has 1 N–H and O–H groups in total. The van der Waals surface area contributed by atoms with Crippen molar-refractivity contribution in [1.82, 2.24) is 4.90 Å². The second-order valence-electron chi connectivity index (χ2n) is 5.69. The molecule has 5 heteroatoms. The Morgan fingerprint density at radius 2 is 2.16 bits per heavy atom. The Morgan fingerprint density at radius 1 is 1.47 bits per heavy atom. The highest BCUT2D eigenvalue weighted by atomic mass is 79.9. The predicted octanol–water partition coefficient (Wildman–Crippen LogP) is 3.23. The average molecular weight is 328 g/mol. The van der Waals surface area contributed by atoms with E-state index < -0.39 is 17.8 Å². The van der Waals surface area contributed by atoms with Crippen LogP contribution in [0.4, 0.5) is 4.79 Å². The molecule has 0 radical (unpaired) electrons. The van der Waals surface area contributed by atoms with Gasteiger partial charge in [0.15, 0.2) is 0 Å². The standard InChI is InChI=1S/C14H18BrNO3/c1-14(2,3)19-13(18)16-7-9-5-4-6-10(15)12(9)11(17)8-16/h4-6,11,17H,7-8H2,1-3H3/t11-/m0/s1. The van der Waals surface area contributed by atoms with Gasteiger partial charge in [-0.15, -0.1) is 0 Å². The first-order chi connectivity index (χ1) is 8.78. The van der Waals surface area contributed by atoms with Gasteiger partial charge in [-0.1, -0.05) is 28.1 Å². The Hall–Kier alpha value is -1.07. The zero-order chi connectivity index (χ0) is 14.2. The van der Waals surface area contributed by atoms with Gasteiger partial charge in [0.25, 0.3) is 0 Å². The molecule has 0 unspecified atom stereocenters. The third kappa shape index (κ3) is 3.28. The number of carbonyl (C=O) groups excluding carboxylic acids is 1. The summed E-state index contributed by atoms with van der Waals surface area (Å²) in [6.07, 6.45) is -1.08. The molecule has 0 aliphatic carbocycles. The van der Waals surface area contributed by atoms with Gasteiger partial charge in [0, 0.05) is 16.6 Å². The number of halogens is 1. The van der Waals surface area contributed by atoms with Crippen molar-refractivity contribution >= 4 is 22.0 Å². The lowest BCUT2D eigenvalue weighted by Gasteiger charge is -2.34. The van der Waals surface area contributed by atoms with E-state index in [9.17, 15) is 9.90 Å². The van der Waals surface area contributed by atoms with Crippen molar-refractivity contribution in [2.75, 3.05) is 6.54 Å². The van der Waals surface area contributed by atoms with Crippen LogP contribution in [0.15, 0.2) is 22.7 Å². The molecule has 1 aliphatic heterocycles. The largest absolute Gasteiger partial charge is 0.444 e. The molecule has 0 spiro atoms. The highest BCUT2D eigenvalue weighted by molar-refractivity contribution is 9.10. The number of benzene rings is 1. The van der Waals surface area contributed by atoms with E-state index in [0.717, 1.165) is 15.6 Å². The summed E-state index contributed by atoms with van der Waals surface area (Å²) in [7, 11) is 0. The molecule has 19 heavy (non-hydrogen) atoms. The van der Waals surface area contributed by atoms with Crippen LogP contribution in [0.2, 0.25) is 0 Å². The first kappa shape index (κ1) is 14.3. The van der Waals surface area contributed by atoms with Crippen LogP contribution in [0.3, 0.4) is 0 Å². The average Bonchev–Trinajstić information content (AvgIpc) is 2.26. The number of hydrogen-bond donors (Lipinski definition) is 1. The lowest BCUT2D eigenvalue weighted by Crippen LogP contribution is -2.41. The summed E-state index contributed by atoms with van der Waals surface area (Å²) in [5, 5.41) is 10.2. The van der Waals surface area contributed by atoms with E-state index in [0.29, 0.717) is 6.54 Å². The molecule has 1 aliphatic rings. The minimum absolute atomic E-state index is 0.254. The number of amides is 1. The molecule has 1 heterocycles. The number of rotatable bonds is 0. The molecule has 1 aromatic carbocycles. The third-order valence-electron chi connectivity index (χ3n) is 2.88. The highest BCUT2D eigenvalue weighted by Gasteiger charge is 2.30. The molecular weight excluding hydrogens is 310 g/mol. The van der Waals surface area contributed by atoms with E-state index in [-0.39, 0.29) is 6.54 Å². The number of hydrogen-bond acceptors (Lipinski definition) is 3. The van der Waals surface area contributed by atoms with E-state index in [2.05, 4.69) is 15.9 Å². The molecule has 1 aromatic rings. The van der Waals surface area contributed by atoms with Crippen LogP contribution in [0.1, 0.15) is 38.0 Å². The Bertz CT molecular complexity index is 496. The van der Waals surface area contributed by atoms with Gasteiger partial charge in [0.2, 0.25) is 0 Å². The fraction of sp³-hybridized carbons (Fsp3) is 0.500. The van der Waals surface area contributed by atoms with Gasteiger partial charge >= 0.3 is 6.09 Å². The second kappa shape index (κ2) is 5.13. The van der Waals surface area contributed by atoms with Crippen molar-refractivity contribution in [3.63, 3.8) is 0 Å². The number of carbonyl (C=O) groups is 1. The molecule has 104 valence electrons. The van der Waals surface area contributed by atoms with E-state index in [4.69, 9.17) is 4.74 Å². The monoisotopic (exact) mass is 327 g/mol. The Labute approximate surface area is 121 Å². The summed E-state index contributed by atoms with van der Waals surface area (Å²) in [6, 6.07) is 5.71. The summed E-state index contributed by atoms with van der Waals surface area (Å²) in [6.45, 7) is 6.20. The van der Waals surface area contributed by atoms with Crippen molar-refractivity contribution < 1.29 is 14.6 Å². The quantitative estimate of drug-likeness (QED) is 0.795. The number of ether oxygens (including phenoxy) is 1. The van der Waals surface area contributed by atoms with Crippen molar-refractivity contribution in [3.05, 3.63) is 33.8 Å². The molecule has 1 atom stereocenters. The molecule has 4 nitrogen and oxygen atoms in total. The van der Waals surface area contributed by atoms with Crippen molar-refractivity contribution in [3.8, 4) is 0 Å². The summed E-state index contributed by atoms with van der Waals surface area (Å²) in [4.78, 5) is 13.6. The third-order valence-corrected chi connectivity index (χ3v) is 3.57. The van der Waals surface area contributed by atoms with Gasteiger partial charge in [-0.2, -0.15) is 0 Å². The zero-order valence-corrected chi connectivity index (χ0v) is 12.9. The highest BCUT2D eigenvalue weighted by Crippen LogP contribution is 2.33. The minimum Gasteiger partial charge on any atom is -0.444 e. The Balaban J connectivity index is 2.20. The van der Waals surface area contributed by atoms with Crippen molar-refractivity contribution in [2.24, 2.45) is 0 Å². The first-order valence-electron chi connectivity index (χ1n) is 6.21. The second-order valence-corrected chi connectivity index (χ2v) is 6.54. The molecule has 0 aromatic heterocycles. The molecule has 0 saturated heterocycles. The number of aliphatic hydroxyl groups excluding tert-OH is 1. The van der Waals surface area contributed by atoms with Gasteiger partial charge < -0.3 is 14.7 Å². The SMILES string of the molecule is CC(C)(C)OC(=O)N1Cc2cccc(Br)c2[C@@H](O)C1. The van der Waals surface area contributed by atoms with Crippen molar-refractivity contribution in [1.29, 1.82) is 0 Å². The van der Waals surface area contributed by atoms with Crippen LogP contribution >= 0.6 is 15.9 Å². The number of fused-ring (bicyclic) bond motifs is 1. The van der Waals surface area contributed by atoms with Crippen LogP contribution in [0.25, 0.3) is 0 Å².